The molecule has 2 N–H and O–H groups in total. The number of nitrogens with zero attached hydrogens (tertiary/aromatic N) is 1. The summed E-state index contributed by atoms with van der Waals surface area (Å²) in [6, 6.07) is 20.6. The highest BCUT2D eigenvalue weighted by Crippen LogP contribution is 2.19. The highest BCUT2D eigenvalue weighted by Gasteiger charge is 2.15. The maximum absolute atomic E-state index is 12.2. The van der Waals surface area contributed by atoms with Crippen molar-refractivity contribution in [3.05, 3.63) is 93.4 Å². The molecule has 32 heavy (non-hydrogen) atoms. The van der Waals surface area contributed by atoms with Crippen molar-refractivity contribution in [2.45, 2.75) is 11.5 Å². The van der Waals surface area contributed by atoms with Crippen molar-refractivity contribution < 1.29 is 17.9 Å². The largest absolute Gasteiger partial charge is 0.488 e. The van der Waals surface area contributed by atoms with E-state index in [1.54, 1.807) is 12.1 Å². The quantitative estimate of drug-likeness (QED) is 0.318. The minimum atomic E-state index is -3.84. The molecule has 7 nitrogen and oxygen atoms in total. The first-order valence-electron chi connectivity index (χ1n) is 9.37. The van der Waals surface area contributed by atoms with Crippen molar-refractivity contribution in [1.29, 1.82) is 0 Å². The molecule has 0 aliphatic carbocycles. The summed E-state index contributed by atoms with van der Waals surface area (Å²) >= 11 is 9.19. The van der Waals surface area contributed by atoms with E-state index in [9.17, 15) is 13.2 Å². The van der Waals surface area contributed by atoms with Gasteiger partial charge in [-0.15, -0.1) is 0 Å². The van der Waals surface area contributed by atoms with E-state index in [1.165, 1.54) is 30.5 Å². The maximum Gasteiger partial charge on any atom is 0.255 e. The molecule has 1 amide bonds. The highest BCUT2D eigenvalue weighted by molar-refractivity contribution is 9.10. The average molecular weight is 537 g/mol. The number of carbonyl (C=O) groups excluding carboxylic acids is 1. The van der Waals surface area contributed by atoms with Gasteiger partial charge in [-0.1, -0.05) is 51.8 Å². The normalized spacial score (nSPS) is 11.4. The van der Waals surface area contributed by atoms with Crippen LogP contribution >= 0.6 is 27.5 Å². The molecule has 0 unspecified atom stereocenters. The second kappa shape index (κ2) is 11.2. The van der Waals surface area contributed by atoms with Gasteiger partial charge in [-0.3, -0.25) is 4.79 Å². The fraction of sp³-hybridized carbons (Fsp3) is 0.0909. The summed E-state index contributed by atoms with van der Waals surface area (Å²) in [6.45, 7) is -0.105. The maximum atomic E-state index is 12.2. The first-order valence-corrected chi connectivity index (χ1v) is 12.0. The van der Waals surface area contributed by atoms with E-state index in [0.29, 0.717) is 22.9 Å². The van der Waals surface area contributed by atoms with E-state index in [-0.39, 0.29) is 4.90 Å². The first-order chi connectivity index (χ1) is 15.3. The van der Waals surface area contributed by atoms with Gasteiger partial charge in [-0.25, -0.2) is 18.6 Å². The Balaban J connectivity index is 1.54. The second-order valence-electron chi connectivity index (χ2n) is 6.53. The van der Waals surface area contributed by atoms with Gasteiger partial charge in [0.2, 0.25) is 10.0 Å². The van der Waals surface area contributed by atoms with Crippen LogP contribution in [-0.2, 0) is 21.4 Å². The van der Waals surface area contributed by atoms with Gasteiger partial charge >= 0.3 is 0 Å². The van der Waals surface area contributed by atoms with Gasteiger partial charge in [0.05, 0.1) is 17.7 Å². The molecule has 3 rings (SSSR count). The van der Waals surface area contributed by atoms with Gasteiger partial charge in [0, 0.05) is 15.1 Å². The van der Waals surface area contributed by atoms with Gasteiger partial charge in [0.15, 0.2) is 0 Å². The number of amides is 1. The van der Waals surface area contributed by atoms with Crippen LogP contribution in [0, 0.1) is 0 Å². The van der Waals surface area contributed by atoms with E-state index < -0.39 is 22.5 Å². The molecule has 3 aromatic rings. The van der Waals surface area contributed by atoms with E-state index >= 15 is 0 Å². The number of carbonyl (C=O) groups is 1. The van der Waals surface area contributed by atoms with Crippen LogP contribution in [0.5, 0.6) is 5.75 Å². The van der Waals surface area contributed by atoms with Crippen molar-refractivity contribution in [2.75, 3.05) is 6.54 Å². The lowest BCUT2D eigenvalue weighted by Gasteiger charge is -2.09. The Hall–Kier alpha value is -2.72. The molecule has 0 spiro atoms. The third kappa shape index (κ3) is 7.16. The fourth-order valence-electron chi connectivity index (χ4n) is 2.58. The Bertz CT molecular complexity index is 1220. The molecule has 0 aromatic heterocycles. The lowest BCUT2D eigenvalue weighted by molar-refractivity contribution is -0.119. The summed E-state index contributed by atoms with van der Waals surface area (Å²) in [5.41, 5.74) is 3.94. The monoisotopic (exact) mass is 535 g/mol. The summed E-state index contributed by atoms with van der Waals surface area (Å²) < 4.78 is 33.4. The number of hydrogen-bond acceptors (Lipinski definition) is 5. The predicted octanol–water partition coefficient (Wildman–Crippen LogP) is 4.11. The van der Waals surface area contributed by atoms with E-state index in [2.05, 4.69) is 31.2 Å². The van der Waals surface area contributed by atoms with Crippen LogP contribution in [0.15, 0.2) is 87.3 Å². The standard InChI is InChI=1S/C22H19BrClN3O4S/c23-18-6-3-4-16(12-18)15-31-21-7-2-1-5-17(21)13-25-27-22(28)14-26-32(29,30)20-10-8-19(24)9-11-20/h1-13,26H,14-15H2,(H,27,28)/b25-13-. The number of nitrogens with one attached hydrogen (secondary N) is 2. The van der Waals surface area contributed by atoms with Gasteiger partial charge in [0.1, 0.15) is 12.4 Å². The molecule has 3 aromatic carbocycles. The van der Waals surface area contributed by atoms with Gasteiger partial charge in [-0.05, 0) is 54.1 Å². The smallest absolute Gasteiger partial charge is 0.255 e. The van der Waals surface area contributed by atoms with Crippen molar-refractivity contribution in [3.63, 3.8) is 0 Å². The van der Waals surface area contributed by atoms with E-state index in [4.69, 9.17) is 16.3 Å². The summed E-state index contributed by atoms with van der Waals surface area (Å²) in [5.74, 6) is -0.0276. The lowest BCUT2D eigenvalue weighted by Crippen LogP contribution is -2.34. The number of ether oxygens (including phenoxy) is 1. The number of para-hydroxylation sites is 1. The summed E-state index contributed by atoms with van der Waals surface area (Å²) in [4.78, 5) is 12.0. The third-order valence-corrected chi connectivity index (χ3v) is 6.30. The zero-order valence-electron chi connectivity index (χ0n) is 16.7. The molecule has 10 heteroatoms. The number of rotatable bonds is 9. The Morgan fingerprint density at radius 3 is 2.56 bits per heavy atom. The van der Waals surface area contributed by atoms with Crippen LogP contribution in [0.1, 0.15) is 11.1 Å². The molecule has 0 atom stereocenters. The van der Waals surface area contributed by atoms with Gasteiger partial charge in [-0.2, -0.15) is 5.10 Å². The summed E-state index contributed by atoms with van der Waals surface area (Å²) in [6.07, 6.45) is 1.43. The van der Waals surface area contributed by atoms with Gasteiger partial charge < -0.3 is 4.74 Å². The number of benzene rings is 3. The number of sulfonamides is 1. The van der Waals surface area contributed by atoms with Crippen LogP contribution in [-0.4, -0.2) is 27.1 Å². The molecular weight excluding hydrogens is 518 g/mol. The van der Waals surface area contributed by atoms with Crippen molar-refractivity contribution >= 4 is 49.7 Å². The fourth-order valence-corrected chi connectivity index (χ4v) is 4.13. The minimum Gasteiger partial charge on any atom is -0.488 e. The topological polar surface area (TPSA) is 96.9 Å². The zero-order chi connectivity index (χ0) is 23.0. The SMILES string of the molecule is O=C(CNS(=O)(=O)c1ccc(Cl)cc1)N/N=C\c1ccccc1OCc1cccc(Br)c1. The van der Waals surface area contributed by atoms with Crippen LogP contribution < -0.4 is 14.9 Å². The molecule has 0 aliphatic rings. The minimum absolute atomic E-state index is 0.00900. The molecule has 0 saturated carbocycles. The molecular formula is C22H19BrClN3O4S. The highest BCUT2D eigenvalue weighted by atomic mass is 79.9. The van der Waals surface area contributed by atoms with E-state index in [0.717, 1.165) is 10.0 Å². The van der Waals surface area contributed by atoms with Crippen LogP contribution in [0.3, 0.4) is 0 Å². The van der Waals surface area contributed by atoms with Crippen LogP contribution in [0.2, 0.25) is 5.02 Å². The molecule has 0 aliphatic heterocycles. The summed E-state index contributed by atoms with van der Waals surface area (Å²) in [5, 5.41) is 4.31. The van der Waals surface area contributed by atoms with Crippen LogP contribution in [0.4, 0.5) is 0 Å². The molecule has 0 bridgehead atoms. The average Bonchev–Trinajstić information content (AvgIpc) is 2.77. The lowest BCUT2D eigenvalue weighted by atomic mass is 10.2. The second-order valence-corrected chi connectivity index (χ2v) is 9.65. The Morgan fingerprint density at radius 1 is 1.06 bits per heavy atom. The van der Waals surface area contributed by atoms with Crippen molar-refractivity contribution in [3.8, 4) is 5.75 Å². The predicted molar refractivity (Wildman–Crippen MR) is 127 cm³/mol. The third-order valence-electron chi connectivity index (χ3n) is 4.14. The Kier molecular flexibility index (Phi) is 8.40. The Labute approximate surface area is 199 Å². The van der Waals surface area contributed by atoms with Crippen molar-refractivity contribution in [1.82, 2.24) is 10.1 Å². The Morgan fingerprint density at radius 2 is 1.81 bits per heavy atom. The molecule has 0 radical (unpaired) electrons. The number of hydrazone groups is 1. The molecule has 0 saturated heterocycles. The molecule has 0 fully saturated rings. The molecule has 0 heterocycles. The molecule has 166 valence electrons. The zero-order valence-corrected chi connectivity index (χ0v) is 19.8. The first kappa shape index (κ1) is 23.9. The van der Waals surface area contributed by atoms with Crippen molar-refractivity contribution in [2.24, 2.45) is 5.10 Å². The van der Waals surface area contributed by atoms with E-state index in [1.807, 2.05) is 36.4 Å². The summed E-state index contributed by atoms with van der Waals surface area (Å²) in [7, 11) is -3.84. The number of halogens is 2. The number of hydrogen-bond donors (Lipinski definition) is 2. The van der Waals surface area contributed by atoms with Gasteiger partial charge in [0.25, 0.3) is 5.91 Å². The van der Waals surface area contributed by atoms with Crippen LogP contribution in [0.25, 0.3) is 0 Å².